The van der Waals surface area contributed by atoms with Crippen LogP contribution in [0.3, 0.4) is 0 Å². The Hall–Kier alpha value is -1.06. The van der Waals surface area contributed by atoms with Crippen LogP contribution in [0.2, 0.25) is 0 Å². The van der Waals surface area contributed by atoms with Crippen molar-refractivity contribution in [3.63, 3.8) is 0 Å². The Morgan fingerprint density at radius 3 is 2.75 bits per heavy atom. The van der Waals surface area contributed by atoms with Gasteiger partial charge >= 0.3 is 0 Å². The minimum Gasteiger partial charge on any atom is -0.399 e. The quantitative estimate of drug-likeness (QED) is 0.784. The molecule has 0 aromatic heterocycles. The van der Waals surface area contributed by atoms with E-state index < -0.39 is 0 Å². The minimum atomic E-state index is 0.580. The zero-order chi connectivity index (χ0) is 14.4. The van der Waals surface area contributed by atoms with Gasteiger partial charge in [-0.25, -0.2) is 0 Å². The van der Waals surface area contributed by atoms with Crippen molar-refractivity contribution in [1.29, 1.82) is 0 Å². The molecule has 1 fully saturated rings. The fraction of sp³-hybridized carbons (Fsp3) is 0.647. The summed E-state index contributed by atoms with van der Waals surface area (Å²) in [6.45, 7) is 9.36. The summed E-state index contributed by atoms with van der Waals surface area (Å²) in [6.07, 6.45) is 3.73. The Bertz CT molecular complexity index is 399. The third kappa shape index (κ3) is 4.50. The van der Waals surface area contributed by atoms with Gasteiger partial charge in [-0.15, -0.1) is 0 Å². The lowest BCUT2D eigenvalue weighted by Crippen LogP contribution is -2.41. The number of rotatable bonds is 6. The van der Waals surface area contributed by atoms with Crippen molar-refractivity contribution in [2.45, 2.75) is 39.2 Å². The highest BCUT2D eigenvalue weighted by atomic mass is 15.1. The molecular weight excluding hydrogens is 246 g/mol. The highest BCUT2D eigenvalue weighted by molar-refractivity contribution is 5.40. The van der Waals surface area contributed by atoms with Crippen LogP contribution in [-0.4, -0.2) is 37.1 Å². The summed E-state index contributed by atoms with van der Waals surface area (Å²) in [5.41, 5.74) is 8.09. The molecular formula is C17H29N3. The van der Waals surface area contributed by atoms with Gasteiger partial charge in [-0.05, 0) is 69.4 Å². The molecule has 2 rings (SSSR count). The molecule has 20 heavy (non-hydrogen) atoms. The van der Waals surface area contributed by atoms with Crippen LogP contribution in [0.25, 0.3) is 0 Å². The lowest BCUT2D eigenvalue weighted by molar-refractivity contribution is 0.167. The second kappa shape index (κ2) is 7.65. The maximum atomic E-state index is 5.87. The van der Waals surface area contributed by atoms with E-state index >= 15 is 0 Å². The number of benzene rings is 1. The van der Waals surface area contributed by atoms with Crippen molar-refractivity contribution in [2.24, 2.45) is 5.92 Å². The molecule has 112 valence electrons. The summed E-state index contributed by atoms with van der Waals surface area (Å²) in [5, 5.41) is 3.45. The van der Waals surface area contributed by atoms with Gasteiger partial charge in [-0.2, -0.15) is 0 Å². The van der Waals surface area contributed by atoms with Gasteiger partial charge in [-0.3, -0.25) is 0 Å². The van der Waals surface area contributed by atoms with Gasteiger partial charge in [0.25, 0.3) is 0 Å². The van der Waals surface area contributed by atoms with Crippen LogP contribution in [0.15, 0.2) is 24.3 Å². The first kappa shape index (κ1) is 15.3. The Balaban J connectivity index is 1.89. The molecule has 1 atom stereocenters. The monoisotopic (exact) mass is 275 g/mol. The Labute approximate surface area is 123 Å². The second-order valence-electron chi connectivity index (χ2n) is 6.08. The zero-order valence-corrected chi connectivity index (χ0v) is 12.9. The molecule has 1 aliphatic rings. The van der Waals surface area contributed by atoms with Gasteiger partial charge in [0.15, 0.2) is 0 Å². The smallest absolute Gasteiger partial charge is 0.0316 e. The first-order valence-electron chi connectivity index (χ1n) is 7.98. The number of nitrogens with two attached hydrogens (primary N) is 1. The van der Waals surface area contributed by atoms with Gasteiger partial charge in [0.05, 0.1) is 0 Å². The summed E-state index contributed by atoms with van der Waals surface area (Å²) in [5.74, 6) is 0.861. The number of nitrogen functional groups attached to an aromatic ring is 1. The van der Waals surface area contributed by atoms with E-state index in [-0.39, 0.29) is 0 Å². The van der Waals surface area contributed by atoms with Crippen molar-refractivity contribution in [3.05, 3.63) is 29.8 Å². The molecule has 3 nitrogen and oxygen atoms in total. The van der Waals surface area contributed by atoms with E-state index in [9.17, 15) is 0 Å². The van der Waals surface area contributed by atoms with E-state index in [4.69, 9.17) is 5.73 Å². The largest absolute Gasteiger partial charge is 0.399 e. The number of hydrogen-bond donors (Lipinski definition) is 2. The number of hydrogen-bond acceptors (Lipinski definition) is 3. The fourth-order valence-corrected chi connectivity index (χ4v) is 3.21. The molecule has 1 unspecified atom stereocenters. The molecule has 1 heterocycles. The van der Waals surface area contributed by atoms with Crippen LogP contribution < -0.4 is 11.1 Å². The van der Waals surface area contributed by atoms with Crippen molar-refractivity contribution in [3.8, 4) is 0 Å². The van der Waals surface area contributed by atoms with E-state index in [1.165, 1.54) is 38.0 Å². The molecule has 1 aromatic rings. The number of piperidine rings is 1. The van der Waals surface area contributed by atoms with Gasteiger partial charge in [0.2, 0.25) is 0 Å². The Morgan fingerprint density at radius 2 is 2.10 bits per heavy atom. The molecule has 1 saturated heterocycles. The van der Waals surface area contributed by atoms with Crippen LogP contribution >= 0.6 is 0 Å². The Morgan fingerprint density at radius 1 is 1.35 bits per heavy atom. The molecule has 3 heteroatoms. The first-order valence-corrected chi connectivity index (χ1v) is 7.98. The molecule has 1 aliphatic heterocycles. The molecule has 0 bridgehead atoms. The van der Waals surface area contributed by atoms with Crippen molar-refractivity contribution < 1.29 is 0 Å². The topological polar surface area (TPSA) is 41.3 Å². The maximum absolute atomic E-state index is 5.87. The van der Waals surface area contributed by atoms with Crippen LogP contribution in [0.5, 0.6) is 0 Å². The molecule has 0 saturated carbocycles. The SMILES string of the molecule is CCN(CC1CCNCC1)C(C)Cc1cccc(N)c1. The van der Waals surface area contributed by atoms with E-state index in [0.29, 0.717) is 6.04 Å². The lowest BCUT2D eigenvalue weighted by atomic mass is 9.96. The van der Waals surface area contributed by atoms with Crippen molar-refractivity contribution in [2.75, 3.05) is 31.9 Å². The Kier molecular flexibility index (Phi) is 5.86. The maximum Gasteiger partial charge on any atom is 0.0316 e. The number of nitrogens with one attached hydrogen (secondary N) is 1. The highest BCUT2D eigenvalue weighted by Crippen LogP contribution is 2.17. The normalized spacial score (nSPS) is 18.4. The van der Waals surface area contributed by atoms with Gasteiger partial charge in [-0.1, -0.05) is 19.1 Å². The molecule has 3 N–H and O–H groups in total. The molecule has 0 amide bonds. The van der Waals surface area contributed by atoms with Crippen molar-refractivity contribution >= 4 is 5.69 Å². The van der Waals surface area contributed by atoms with E-state index in [1.54, 1.807) is 0 Å². The summed E-state index contributed by atoms with van der Waals surface area (Å²) in [6, 6.07) is 8.89. The van der Waals surface area contributed by atoms with Crippen molar-refractivity contribution in [1.82, 2.24) is 10.2 Å². The highest BCUT2D eigenvalue weighted by Gasteiger charge is 2.19. The second-order valence-corrected chi connectivity index (χ2v) is 6.08. The van der Waals surface area contributed by atoms with Gasteiger partial charge in [0.1, 0.15) is 0 Å². The van der Waals surface area contributed by atoms with Gasteiger partial charge in [0, 0.05) is 18.3 Å². The first-order chi connectivity index (χ1) is 9.69. The number of nitrogens with zero attached hydrogens (tertiary/aromatic N) is 1. The average Bonchev–Trinajstić information content (AvgIpc) is 2.45. The summed E-state index contributed by atoms with van der Waals surface area (Å²) < 4.78 is 0. The molecule has 0 radical (unpaired) electrons. The number of likely N-dealkylation sites (N-methyl/N-ethyl adjacent to an activating group) is 1. The van der Waals surface area contributed by atoms with Crippen LogP contribution in [0, 0.1) is 5.92 Å². The average molecular weight is 275 g/mol. The lowest BCUT2D eigenvalue weighted by Gasteiger charge is -2.33. The molecule has 1 aromatic carbocycles. The van der Waals surface area contributed by atoms with Crippen LogP contribution in [0.1, 0.15) is 32.3 Å². The number of anilines is 1. The fourth-order valence-electron chi connectivity index (χ4n) is 3.21. The summed E-state index contributed by atoms with van der Waals surface area (Å²) in [4.78, 5) is 2.62. The standard InChI is InChI=1S/C17H29N3/c1-3-20(13-15-7-9-19-10-8-15)14(2)11-16-5-4-6-17(18)12-16/h4-6,12,14-15,19H,3,7-11,13,18H2,1-2H3. The van der Waals surface area contributed by atoms with E-state index in [1.807, 2.05) is 6.07 Å². The van der Waals surface area contributed by atoms with E-state index in [0.717, 1.165) is 24.6 Å². The minimum absolute atomic E-state index is 0.580. The predicted molar refractivity (Wildman–Crippen MR) is 86.9 cm³/mol. The zero-order valence-electron chi connectivity index (χ0n) is 12.9. The third-order valence-electron chi connectivity index (χ3n) is 4.46. The van der Waals surface area contributed by atoms with Gasteiger partial charge < -0.3 is 16.0 Å². The molecule has 0 spiro atoms. The summed E-state index contributed by atoms with van der Waals surface area (Å²) in [7, 11) is 0. The predicted octanol–water partition coefficient (Wildman–Crippen LogP) is 2.52. The third-order valence-corrected chi connectivity index (χ3v) is 4.46. The molecule has 0 aliphatic carbocycles. The summed E-state index contributed by atoms with van der Waals surface area (Å²) >= 11 is 0. The van der Waals surface area contributed by atoms with Crippen LogP contribution in [-0.2, 0) is 6.42 Å². The van der Waals surface area contributed by atoms with E-state index in [2.05, 4.69) is 42.3 Å². The van der Waals surface area contributed by atoms with Crippen LogP contribution in [0.4, 0.5) is 5.69 Å².